The van der Waals surface area contributed by atoms with Crippen molar-refractivity contribution in [3.8, 4) is 11.4 Å². The van der Waals surface area contributed by atoms with Crippen molar-refractivity contribution < 1.29 is 17.7 Å². The molecule has 8 heterocycles. The maximum Gasteiger partial charge on any atom is 0.146 e. The summed E-state index contributed by atoms with van der Waals surface area (Å²) >= 11 is 0. The number of fused-ring (bicyclic) bond motifs is 40. The number of nitrogens with zero attached hydrogens (tertiary/aromatic N) is 4. The van der Waals surface area contributed by atoms with Gasteiger partial charge in [-0.3, -0.25) is 0 Å². The van der Waals surface area contributed by atoms with E-state index >= 15 is 0 Å². The average Bonchev–Trinajstić information content (AvgIpc) is 1.56. The monoisotopic (exact) mass is 1440 g/mol. The summed E-state index contributed by atoms with van der Waals surface area (Å²) in [6, 6.07) is 120. The Morgan fingerprint density at radius 1 is 0.188 bits per heavy atom. The van der Waals surface area contributed by atoms with Gasteiger partial charge in [-0.1, -0.05) is 267 Å². The molecule has 18 aromatic carbocycles. The maximum atomic E-state index is 6.54. The van der Waals surface area contributed by atoms with Gasteiger partial charge < -0.3 is 35.9 Å². The van der Waals surface area contributed by atoms with Gasteiger partial charge in [0.05, 0.1) is 43.9 Å². The molecule has 0 saturated carbocycles. The fourth-order valence-corrected chi connectivity index (χ4v) is 19.0. The van der Waals surface area contributed by atoms with Crippen molar-refractivity contribution in [3.05, 3.63) is 351 Å². The summed E-state index contributed by atoms with van der Waals surface area (Å²) in [4.78, 5) is 0. The van der Waals surface area contributed by atoms with Crippen molar-refractivity contribution in [2.75, 3.05) is 0 Å². The predicted molar refractivity (Wildman–Crippen MR) is 471 cm³/mol. The van der Waals surface area contributed by atoms with Crippen LogP contribution in [-0.4, -0.2) is 18.3 Å². The number of aryl methyl sites for hydroxylation is 4. The molecule has 0 aliphatic heterocycles. The summed E-state index contributed by atoms with van der Waals surface area (Å²) < 4.78 is 35.1. The molecule has 0 atom stereocenters. The third kappa shape index (κ3) is 9.11. The molecule has 26 rings (SSSR count). The number of furan rings is 4. The fraction of sp³-hybridized carbons (Fsp3) is 0.0385. The fourth-order valence-electron chi connectivity index (χ4n) is 19.0. The van der Waals surface area contributed by atoms with Gasteiger partial charge in [0.2, 0.25) is 0 Å². The van der Waals surface area contributed by atoms with Crippen LogP contribution in [0.3, 0.4) is 0 Å². The molecule has 8 aromatic heterocycles. The Bertz CT molecular complexity index is 8460. The van der Waals surface area contributed by atoms with E-state index in [0.29, 0.717) is 0 Å². The Morgan fingerprint density at radius 2 is 0.446 bits per heavy atom. The quantitative estimate of drug-likeness (QED) is 0.173. The van der Waals surface area contributed by atoms with E-state index in [1.165, 1.54) is 191 Å². The van der Waals surface area contributed by atoms with Crippen LogP contribution in [0, 0.1) is 13.8 Å². The molecule has 0 radical (unpaired) electrons. The molecule has 26 aromatic rings. The summed E-state index contributed by atoms with van der Waals surface area (Å²) in [6.07, 6.45) is 0. The Labute approximate surface area is 640 Å². The first-order valence-electron chi connectivity index (χ1n) is 38.3. The summed E-state index contributed by atoms with van der Waals surface area (Å²) in [5.74, 6) is 0. The molecule has 0 aliphatic rings. The second-order valence-electron chi connectivity index (χ2n) is 29.8. The Kier molecular flexibility index (Phi) is 13.9. The summed E-state index contributed by atoms with van der Waals surface area (Å²) in [5, 5.41) is 29.3. The molecule has 0 saturated heterocycles. The molecule has 528 valence electrons. The summed E-state index contributed by atoms with van der Waals surface area (Å²) in [7, 11) is 4.30. The van der Waals surface area contributed by atoms with Crippen LogP contribution in [0.5, 0.6) is 0 Å². The maximum absolute atomic E-state index is 6.54. The van der Waals surface area contributed by atoms with Gasteiger partial charge in [-0.25, -0.2) is 0 Å². The van der Waals surface area contributed by atoms with E-state index in [1.807, 2.05) is 24.3 Å². The average molecular weight is 1440 g/mol. The van der Waals surface area contributed by atoms with Crippen molar-refractivity contribution in [1.29, 1.82) is 0 Å². The largest absolute Gasteiger partial charge is 0.455 e. The zero-order valence-corrected chi connectivity index (χ0v) is 61.8. The van der Waals surface area contributed by atoms with Crippen LogP contribution in [0.1, 0.15) is 11.1 Å². The van der Waals surface area contributed by atoms with E-state index < -0.39 is 0 Å². The van der Waals surface area contributed by atoms with Crippen molar-refractivity contribution >= 4 is 218 Å². The van der Waals surface area contributed by atoms with E-state index in [2.05, 4.69) is 362 Å². The highest BCUT2D eigenvalue weighted by Crippen LogP contribution is 2.51. The van der Waals surface area contributed by atoms with Crippen LogP contribution in [0.15, 0.2) is 357 Å². The molecule has 0 bridgehead atoms. The third-order valence-corrected chi connectivity index (χ3v) is 23.6. The molecular formula is C104H68N4O4. The predicted octanol–water partition coefficient (Wildman–Crippen LogP) is 29.1. The second kappa shape index (κ2) is 24.5. The molecule has 0 spiro atoms. The number of rotatable bonds is 2. The van der Waals surface area contributed by atoms with Crippen molar-refractivity contribution in [3.63, 3.8) is 0 Å². The van der Waals surface area contributed by atoms with Gasteiger partial charge in [0.15, 0.2) is 0 Å². The highest BCUT2D eigenvalue weighted by molar-refractivity contribution is 6.39. The molecule has 0 unspecified atom stereocenters. The number of aromatic nitrogens is 4. The minimum absolute atomic E-state index is 0.933. The van der Waals surface area contributed by atoms with E-state index in [4.69, 9.17) is 17.7 Å². The Balaban J connectivity index is 0.0000000895. The van der Waals surface area contributed by atoms with Crippen molar-refractivity contribution in [1.82, 2.24) is 18.3 Å². The number of benzene rings is 18. The van der Waals surface area contributed by atoms with Gasteiger partial charge >= 0.3 is 0 Å². The lowest BCUT2D eigenvalue weighted by molar-refractivity contribution is 0.672. The van der Waals surface area contributed by atoms with Crippen LogP contribution >= 0.6 is 0 Å². The molecule has 8 nitrogen and oxygen atoms in total. The van der Waals surface area contributed by atoms with Gasteiger partial charge in [0.25, 0.3) is 0 Å². The van der Waals surface area contributed by atoms with Crippen LogP contribution in [0.2, 0.25) is 0 Å². The Hall–Kier alpha value is -14.6. The minimum Gasteiger partial charge on any atom is -0.455 e. The number of para-hydroxylation sites is 8. The lowest BCUT2D eigenvalue weighted by atomic mass is 9.99. The molecule has 0 amide bonds. The van der Waals surface area contributed by atoms with Crippen LogP contribution in [0.25, 0.3) is 229 Å². The zero-order valence-electron chi connectivity index (χ0n) is 61.8. The summed E-state index contributed by atoms with van der Waals surface area (Å²) in [6.45, 7) is 4.30. The van der Waals surface area contributed by atoms with E-state index in [0.717, 1.165) is 50.1 Å². The SMILES string of the molecule is Cc1cccc(-n2c3ccccc3c3c4c5ccccc5oc4c4ccccc4c32)c1.Cc1cccc(-n2c3ccccc3c3c4oc5ccccc5c4c4ccccc4c32)c1.Cn1c2ccccc2c2c3c4ccccc4oc3c3ccccc3c21.Cn1c2ccccc2c2c3oc4ccccc4c3c3ccccc3c21. The highest BCUT2D eigenvalue weighted by Gasteiger charge is 2.27. The molecular weight excluding hydrogens is 1370 g/mol. The lowest BCUT2D eigenvalue weighted by Gasteiger charge is -2.11. The standard InChI is InChI=1S/2C29H19NO.2C23H15NO/c1-18-9-8-10-19(17-18)30-24-15-6-4-13-22(24)26-27-23-14-5-7-16-25(23)31-29(27)21-12-3-2-11-20(21)28(26)30;1-18-9-8-10-19(17-18)30-24-15-6-4-13-22(24)27-28(30)21-12-3-2-11-20(21)26-23-14-5-7-16-25(23)31-29(26)27;1-24-18-12-6-4-10-16(18)20-21-17-11-5-7-13-19(17)25-23(21)15-9-3-2-8-14(15)22(20)24;1-24-18-12-6-4-10-16(18)21-22(24)15-9-3-2-8-14(15)20-17-11-5-7-13-19(17)25-23(20)21/h2*2-17H,1H3;2*2-13H,1H3. The smallest absolute Gasteiger partial charge is 0.146 e. The zero-order chi connectivity index (χ0) is 74.1. The lowest BCUT2D eigenvalue weighted by Crippen LogP contribution is -1.95. The Morgan fingerprint density at radius 3 is 0.866 bits per heavy atom. The molecule has 0 aliphatic carbocycles. The molecule has 0 fully saturated rings. The normalized spacial score (nSPS) is 12.1. The van der Waals surface area contributed by atoms with E-state index in [9.17, 15) is 0 Å². The van der Waals surface area contributed by atoms with Crippen molar-refractivity contribution in [2.45, 2.75) is 13.8 Å². The summed E-state index contributed by atoms with van der Waals surface area (Å²) in [5.41, 5.74) is 22.4. The highest BCUT2D eigenvalue weighted by atomic mass is 16.3. The molecule has 0 N–H and O–H groups in total. The molecule has 112 heavy (non-hydrogen) atoms. The van der Waals surface area contributed by atoms with Crippen molar-refractivity contribution in [2.24, 2.45) is 14.1 Å². The van der Waals surface area contributed by atoms with Crippen LogP contribution < -0.4 is 0 Å². The van der Waals surface area contributed by atoms with E-state index in [1.54, 1.807) is 0 Å². The van der Waals surface area contributed by atoms with Gasteiger partial charge in [0, 0.05) is 144 Å². The van der Waals surface area contributed by atoms with E-state index in [-0.39, 0.29) is 0 Å². The van der Waals surface area contributed by atoms with Gasteiger partial charge in [-0.15, -0.1) is 0 Å². The minimum atomic E-state index is 0.933. The second-order valence-corrected chi connectivity index (χ2v) is 29.8. The first-order chi connectivity index (χ1) is 55.3. The number of hydrogen-bond acceptors (Lipinski definition) is 4. The third-order valence-electron chi connectivity index (χ3n) is 23.6. The first kappa shape index (κ1) is 63.5. The topological polar surface area (TPSA) is 72.3 Å². The van der Waals surface area contributed by atoms with Gasteiger partial charge in [-0.05, 0) is 109 Å². The first-order valence-corrected chi connectivity index (χ1v) is 38.3. The molecule has 8 heteroatoms. The number of hydrogen-bond donors (Lipinski definition) is 0. The van der Waals surface area contributed by atoms with Gasteiger partial charge in [0.1, 0.15) is 44.7 Å². The van der Waals surface area contributed by atoms with Gasteiger partial charge in [-0.2, -0.15) is 0 Å². The van der Waals surface area contributed by atoms with Crippen LogP contribution in [0.4, 0.5) is 0 Å². The van der Waals surface area contributed by atoms with Crippen LogP contribution in [-0.2, 0) is 14.1 Å².